The van der Waals surface area contributed by atoms with Gasteiger partial charge in [-0.05, 0) is 36.2 Å². The lowest BCUT2D eigenvalue weighted by molar-refractivity contribution is -0.114. The van der Waals surface area contributed by atoms with E-state index in [1.165, 1.54) is 17.3 Å². The fourth-order valence-corrected chi connectivity index (χ4v) is 4.72. The summed E-state index contributed by atoms with van der Waals surface area (Å²) in [7, 11) is -3.54. The minimum Gasteiger partial charge on any atom is -0.337 e. The normalized spacial score (nSPS) is 13.0. The van der Waals surface area contributed by atoms with Crippen molar-refractivity contribution in [1.82, 2.24) is 5.32 Å². The molecule has 0 unspecified atom stereocenters. The van der Waals surface area contributed by atoms with Crippen molar-refractivity contribution in [3.63, 3.8) is 0 Å². The molecule has 0 radical (unpaired) electrons. The summed E-state index contributed by atoms with van der Waals surface area (Å²) in [6.45, 7) is 1.74. The minimum absolute atomic E-state index is 0.0472. The Morgan fingerprint density at radius 2 is 1.90 bits per heavy atom. The van der Waals surface area contributed by atoms with Gasteiger partial charge in [0, 0.05) is 25.7 Å². The largest absolute Gasteiger partial charge is 0.337 e. The third-order valence-electron chi connectivity index (χ3n) is 4.36. The molecule has 0 atom stereocenters. The number of amides is 3. The van der Waals surface area contributed by atoms with Gasteiger partial charge in [-0.25, -0.2) is 13.2 Å². The zero-order valence-corrected chi connectivity index (χ0v) is 17.3. The van der Waals surface area contributed by atoms with Gasteiger partial charge in [0.25, 0.3) is 0 Å². The fourth-order valence-electron chi connectivity index (χ4n) is 3.06. The number of halogens is 1. The maximum Gasteiger partial charge on any atom is 0.319 e. The lowest BCUT2D eigenvalue weighted by atomic mass is 10.2. The number of fused-ring (bicyclic) bond motifs is 1. The highest BCUT2D eigenvalue weighted by atomic mass is 35.5. The molecule has 0 saturated heterocycles. The molecule has 2 aromatic carbocycles. The lowest BCUT2D eigenvalue weighted by Gasteiger charge is -2.19. The maximum atomic E-state index is 12.6. The molecule has 0 aromatic heterocycles. The van der Waals surface area contributed by atoms with E-state index in [0.29, 0.717) is 30.0 Å². The summed E-state index contributed by atoms with van der Waals surface area (Å²) in [4.78, 5) is 23.1. The fraction of sp³-hybridized carbons (Fsp3) is 0.263. The van der Waals surface area contributed by atoms with Crippen LogP contribution in [0.3, 0.4) is 0 Å². The lowest BCUT2D eigenvalue weighted by Crippen LogP contribution is -2.38. The predicted molar refractivity (Wildman–Crippen MR) is 114 cm³/mol. The number of anilines is 3. The molecule has 8 nitrogen and oxygen atoms in total. The first-order valence-electron chi connectivity index (χ1n) is 8.96. The summed E-state index contributed by atoms with van der Waals surface area (Å²) in [6, 6.07) is 11.5. The molecule has 29 heavy (non-hydrogen) atoms. The van der Waals surface area contributed by atoms with E-state index in [9.17, 15) is 18.0 Å². The van der Waals surface area contributed by atoms with Crippen LogP contribution in [-0.2, 0) is 21.2 Å². The molecular weight excluding hydrogens is 416 g/mol. The van der Waals surface area contributed by atoms with Gasteiger partial charge in [-0.2, -0.15) is 0 Å². The quantitative estimate of drug-likeness (QED) is 0.647. The van der Waals surface area contributed by atoms with E-state index in [-0.39, 0.29) is 23.2 Å². The Hall–Kier alpha value is -2.78. The minimum atomic E-state index is -3.54. The monoisotopic (exact) mass is 436 g/mol. The SMILES string of the molecule is CC(=O)Nc1ccc(NC(=O)NCCS(=O)(=O)N2CCc3ccccc32)c(Cl)c1. The Morgan fingerprint density at radius 3 is 2.62 bits per heavy atom. The average Bonchev–Trinajstić information content (AvgIpc) is 3.08. The van der Waals surface area contributed by atoms with E-state index in [1.54, 1.807) is 24.3 Å². The topological polar surface area (TPSA) is 108 Å². The van der Waals surface area contributed by atoms with Crippen molar-refractivity contribution >= 4 is 50.6 Å². The number of carbonyl (C=O) groups is 2. The van der Waals surface area contributed by atoms with Crippen molar-refractivity contribution in [3.05, 3.63) is 53.1 Å². The maximum absolute atomic E-state index is 12.6. The first kappa shape index (κ1) is 20.9. The molecule has 0 fully saturated rings. The van der Waals surface area contributed by atoms with Gasteiger partial charge in [0.1, 0.15) is 0 Å². The molecule has 0 aliphatic carbocycles. The second kappa shape index (κ2) is 8.71. The highest BCUT2D eigenvalue weighted by Gasteiger charge is 2.28. The molecule has 2 aromatic rings. The van der Waals surface area contributed by atoms with Crippen molar-refractivity contribution in [2.75, 3.05) is 33.8 Å². The van der Waals surface area contributed by atoms with Crippen LogP contribution >= 0.6 is 11.6 Å². The molecule has 1 aliphatic rings. The van der Waals surface area contributed by atoms with Gasteiger partial charge in [-0.3, -0.25) is 9.10 Å². The number of urea groups is 1. The molecule has 3 N–H and O–H groups in total. The van der Waals surface area contributed by atoms with Crippen LogP contribution in [0, 0.1) is 0 Å². The zero-order valence-electron chi connectivity index (χ0n) is 15.7. The highest BCUT2D eigenvalue weighted by Crippen LogP contribution is 2.30. The molecule has 154 valence electrons. The predicted octanol–water partition coefficient (Wildman–Crippen LogP) is 2.81. The summed E-state index contributed by atoms with van der Waals surface area (Å²) < 4.78 is 26.6. The van der Waals surface area contributed by atoms with Gasteiger partial charge in [0.15, 0.2) is 0 Å². The summed E-state index contributed by atoms with van der Waals surface area (Å²) in [6.07, 6.45) is 0.677. The molecule has 0 saturated carbocycles. The van der Waals surface area contributed by atoms with Gasteiger partial charge in [0.2, 0.25) is 15.9 Å². The first-order chi connectivity index (χ1) is 13.8. The summed E-state index contributed by atoms with van der Waals surface area (Å²) in [5, 5.41) is 7.91. The van der Waals surface area contributed by atoms with E-state index in [4.69, 9.17) is 11.6 Å². The Labute approximate surface area is 174 Å². The Balaban J connectivity index is 1.53. The molecule has 1 heterocycles. The van der Waals surface area contributed by atoms with E-state index in [1.807, 2.05) is 12.1 Å². The molecular formula is C19H21ClN4O4S. The molecule has 0 bridgehead atoms. The number of benzene rings is 2. The number of hydrogen-bond donors (Lipinski definition) is 3. The second-order valence-electron chi connectivity index (χ2n) is 6.52. The average molecular weight is 437 g/mol. The van der Waals surface area contributed by atoms with E-state index >= 15 is 0 Å². The smallest absolute Gasteiger partial charge is 0.319 e. The van der Waals surface area contributed by atoms with Crippen LogP contribution in [0.15, 0.2) is 42.5 Å². The van der Waals surface area contributed by atoms with Crippen molar-refractivity contribution in [3.8, 4) is 0 Å². The van der Waals surface area contributed by atoms with Crippen molar-refractivity contribution in [1.29, 1.82) is 0 Å². The number of sulfonamides is 1. The number of hydrogen-bond acceptors (Lipinski definition) is 4. The third kappa shape index (κ3) is 5.18. The van der Waals surface area contributed by atoms with Crippen LogP contribution in [0.1, 0.15) is 12.5 Å². The number of nitrogens with one attached hydrogen (secondary N) is 3. The zero-order chi connectivity index (χ0) is 21.0. The third-order valence-corrected chi connectivity index (χ3v) is 6.45. The Kier molecular flexibility index (Phi) is 6.29. The van der Waals surface area contributed by atoms with E-state index in [2.05, 4.69) is 16.0 Å². The van der Waals surface area contributed by atoms with Gasteiger partial charge >= 0.3 is 6.03 Å². The molecule has 3 rings (SSSR count). The van der Waals surface area contributed by atoms with Gasteiger partial charge in [-0.15, -0.1) is 0 Å². The number of carbonyl (C=O) groups excluding carboxylic acids is 2. The van der Waals surface area contributed by atoms with Gasteiger partial charge < -0.3 is 16.0 Å². The molecule has 10 heteroatoms. The summed E-state index contributed by atoms with van der Waals surface area (Å²) in [5.74, 6) is -0.453. The van der Waals surface area contributed by atoms with E-state index < -0.39 is 16.1 Å². The van der Waals surface area contributed by atoms with Crippen molar-refractivity contribution in [2.45, 2.75) is 13.3 Å². The molecule has 1 aliphatic heterocycles. The van der Waals surface area contributed by atoms with Crippen LogP contribution in [0.4, 0.5) is 21.9 Å². The van der Waals surface area contributed by atoms with E-state index in [0.717, 1.165) is 5.56 Å². The van der Waals surface area contributed by atoms with Crippen molar-refractivity contribution < 1.29 is 18.0 Å². The van der Waals surface area contributed by atoms with Crippen LogP contribution in [0.25, 0.3) is 0 Å². The van der Waals surface area contributed by atoms with Crippen molar-refractivity contribution in [2.24, 2.45) is 0 Å². The number of nitrogens with zero attached hydrogens (tertiary/aromatic N) is 1. The standard InChI is InChI=1S/C19H21ClN4O4S/c1-13(25)22-15-6-7-17(16(20)12-15)23-19(26)21-9-11-29(27,28)24-10-8-14-4-2-3-5-18(14)24/h2-7,12H,8-11H2,1H3,(H,22,25)(H2,21,23,26). The Bertz CT molecular complexity index is 1040. The Morgan fingerprint density at radius 1 is 1.14 bits per heavy atom. The van der Waals surface area contributed by atoms with Crippen LogP contribution < -0.4 is 20.3 Å². The van der Waals surface area contributed by atoms with Gasteiger partial charge in [-0.1, -0.05) is 29.8 Å². The molecule has 0 spiro atoms. The van der Waals surface area contributed by atoms with Crippen LogP contribution in [0.5, 0.6) is 0 Å². The summed E-state index contributed by atoms with van der Waals surface area (Å²) in [5.41, 5.74) is 2.54. The van der Waals surface area contributed by atoms with Crippen LogP contribution in [-0.4, -0.2) is 39.2 Å². The van der Waals surface area contributed by atoms with Crippen LogP contribution in [0.2, 0.25) is 5.02 Å². The van der Waals surface area contributed by atoms with Gasteiger partial charge in [0.05, 0.1) is 22.2 Å². The summed E-state index contributed by atoms with van der Waals surface area (Å²) >= 11 is 6.10. The number of rotatable bonds is 6. The highest BCUT2D eigenvalue weighted by molar-refractivity contribution is 7.92. The number of para-hydroxylation sites is 1. The second-order valence-corrected chi connectivity index (χ2v) is 8.94. The first-order valence-corrected chi connectivity index (χ1v) is 11.0. The molecule has 3 amide bonds.